The van der Waals surface area contributed by atoms with E-state index in [2.05, 4.69) is 29.2 Å². The van der Waals surface area contributed by atoms with Crippen molar-refractivity contribution in [2.45, 2.75) is 12.3 Å². The number of primary amides is 1. The summed E-state index contributed by atoms with van der Waals surface area (Å²) in [4.78, 5) is 13.5. The molecule has 1 saturated heterocycles. The van der Waals surface area contributed by atoms with Gasteiger partial charge in [0.25, 0.3) is 0 Å². The van der Waals surface area contributed by atoms with Crippen LogP contribution >= 0.6 is 0 Å². The number of hydrogen-bond acceptors (Lipinski definition) is 3. The van der Waals surface area contributed by atoms with E-state index >= 15 is 0 Å². The normalized spacial score (nSPS) is 17.9. The summed E-state index contributed by atoms with van der Waals surface area (Å²) in [5.74, 6) is 0.0817. The molecule has 21 heavy (non-hydrogen) atoms. The van der Waals surface area contributed by atoms with Crippen LogP contribution in [0.4, 0.5) is 11.4 Å². The number of nitrogen functional groups attached to an aromatic ring is 1. The standard InChI is InChI=1S/C17H19N3O/c18-15-10-13(17(19)21)6-7-16(15)20-9-8-14(11-20)12-4-2-1-3-5-12/h1-7,10,14H,8-9,11,18H2,(H2,19,21). The number of carbonyl (C=O) groups excluding carboxylic acids is 1. The highest BCUT2D eigenvalue weighted by molar-refractivity contribution is 5.94. The number of rotatable bonds is 3. The molecule has 0 aromatic heterocycles. The molecule has 1 aliphatic heterocycles. The topological polar surface area (TPSA) is 72.4 Å². The van der Waals surface area contributed by atoms with Crippen LogP contribution in [0, 0.1) is 0 Å². The molecule has 2 aromatic carbocycles. The van der Waals surface area contributed by atoms with Crippen LogP contribution in [-0.2, 0) is 0 Å². The lowest BCUT2D eigenvalue weighted by molar-refractivity contribution is 0.100. The zero-order valence-corrected chi connectivity index (χ0v) is 11.8. The van der Waals surface area contributed by atoms with Crippen molar-refractivity contribution in [2.24, 2.45) is 5.73 Å². The molecule has 4 nitrogen and oxygen atoms in total. The number of nitrogens with two attached hydrogens (primary N) is 2. The summed E-state index contributed by atoms with van der Waals surface area (Å²) in [6.07, 6.45) is 1.11. The third-order valence-corrected chi connectivity index (χ3v) is 4.11. The number of benzene rings is 2. The minimum Gasteiger partial charge on any atom is -0.397 e. The molecule has 0 aliphatic carbocycles. The molecule has 2 aromatic rings. The van der Waals surface area contributed by atoms with Gasteiger partial charge in [-0.1, -0.05) is 30.3 Å². The average molecular weight is 281 g/mol. The summed E-state index contributed by atoms with van der Waals surface area (Å²) in [7, 11) is 0. The van der Waals surface area contributed by atoms with Gasteiger partial charge in [0, 0.05) is 24.6 Å². The Morgan fingerprint density at radius 1 is 1.14 bits per heavy atom. The van der Waals surface area contributed by atoms with Crippen molar-refractivity contribution in [1.82, 2.24) is 0 Å². The molecule has 0 spiro atoms. The Labute approximate surface area is 124 Å². The first kappa shape index (κ1) is 13.5. The van der Waals surface area contributed by atoms with Crippen molar-refractivity contribution in [3.05, 3.63) is 59.7 Å². The fourth-order valence-corrected chi connectivity index (χ4v) is 2.97. The van der Waals surface area contributed by atoms with Crippen LogP contribution in [0.25, 0.3) is 0 Å². The predicted octanol–water partition coefficient (Wildman–Crippen LogP) is 2.36. The van der Waals surface area contributed by atoms with Gasteiger partial charge in [-0.3, -0.25) is 4.79 Å². The Morgan fingerprint density at radius 2 is 1.90 bits per heavy atom. The molecule has 1 heterocycles. The molecule has 1 amide bonds. The Bertz CT molecular complexity index is 654. The Balaban J connectivity index is 1.79. The average Bonchev–Trinajstić information content (AvgIpc) is 2.97. The fourth-order valence-electron chi connectivity index (χ4n) is 2.97. The highest BCUT2D eigenvalue weighted by atomic mass is 16.1. The van der Waals surface area contributed by atoms with Crippen molar-refractivity contribution < 1.29 is 4.79 Å². The number of hydrogen-bond donors (Lipinski definition) is 2. The minimum absolute atomic E-state index is 0.447. The van der Waals surface area contributed by atoms with Gasteiger partial charge in [-0.15, -0.1) is 0 Å². The maximum absolute atomic E-state index is 11.2. The number of carbonyl (C=O) groups is 1. The Kier molecular flexibility index (Phi) is 3.52. The Morgan fingerprint density at radius 3 is 2.57 bits per heavy atom. The fraction of sp³-hybridized carbons (Fsp3) is 0.235. The molecule has 0 radical (unpaired) electrons. The van der Waals surface area contributed by atoms with Gasteiger partial charge >= 0.3 is 0 Å². The van der Waals surface area contributed by atoms with Crippen molar-refractivity contribution in [3.63, 3.8) is 0 Å². The first-order valence-corrected chi connectivity index (χ1v) is 7.14. The summed E-state index contributed by atoms with van der Waals surface area (Å²) >= 11 is 0. The zero-order chi connectivity index (χ0) is 14.8. The van der Waals surface area contributed by atoms with Gasteiger partial charge in [-0.25, -0.2) is 0 Å². The van der Waals surface area contributed by atoms with E-state index in [1.807, 2.05) is 12.1 Å². The molecule has 3 rings (SSSR count). The molecular formula is C17H19N3O. The van der Waals surface area contributed by atoms with E-state index in [-0.39, 0.29) is 0 Å². The number of amides is 1. The first-order chi connectivity index (χ1) is 10.1. The van der Waals surface area contributed by atoms with Gasteiger partial charge in [-0.2, -0.15) is 0 Å². The molecule has 1 atom stereocenters. The van der Waals surface area contributed by atoms with Crippen LogP contribution in [0.15, 0.2) is 48.5 Å². The predicted molar refractivity (Wildman–Crippen MR) is 85.4 cm³/mol. The summed E-state index contributed by atoms with van der Waals surface area (Å²) < 4.78 is 0. The minimum atomic E-state index is -0.447. The number of nitrogens with zero attached hydrogens (tertiary/aromatic N) is 1. The quantitative estimate of drug-likeness (QED) is 0.848. The third kappa shape index (κ3) is 2.70. The molecule has 4 heteroatoms. The van der Waals surface area contributed by atoms with E-state index in [0.717, 1.165) is 25.2 Å². The van der Waals surface area contributed by atoms with Gasteiger partial charge in [0.1, 0.15) is 0 Å². The van der Waals surface area contributed by atoms with E-state index in [0.29, 0.717) is 17.2 Å². The SMILES string of the molecule is NC(=O)c1ccc(N2CCC(c3ccccc3)C2)c(N)c1. The largest absolute Gasteiger partial charge is 0.397 e. The second kappa shape index (κ2) is 5.48. The van der Waals surface area contributed by atoms with Crippen LogP contribution in [-0.4, -0.2) is 19.0 Å². The third-order valence-electron chi connectivity index (χ3n) is 4.11. The highest BCUT2D eigenvalue weighted by Gasteiger charge is 2.25. The molecule has 1 aliphatic rings. The van der Waals surface area contributed by atoms with E-state index in [4.69, 9.17) is 11.5 Å². The second-order valence-corrected chi connectivity index (χ2v) is 5.48. The van der Waals surface area contributed by atoms with E-state index < -0.39 is 5.91 Å². The van der Waals surface area contributed by atoms with Crippen LogP contribution < -0.4 is 16.4 Å². The van der Waals surface area contributed by atoms with Crippen LogP contribution in [0.2, 0.25) is 0 Å². The zero-order valence-electron chi connectivity index (χ0n) is 11.8. The Hall–Kier alpha value is -2.49. The molecule has 108 valence electrons. The van der Waals surface area contributed by atoms with E-state index in [1.54, 1.807) is 12.1 Å². The first-order valence-electron chi connectivity index (χ1n) is 7.14. The van der Waals surface area contributed by atoms with Gasteiger partial charge in [0.2, 0.25) is 5.91 Å². The lowest BCUT2D eigenvalue weighted by Gasteiger charge is -2.21. The summed E-state index contributed by atoms with van der Waals surface area (Å²) in [5.41, 5.74) is 14.8. The highest BCUT2D eigenvalue weighted by Crippen LogP contribution is 2.33. The molecule has 0 bridgehead atoms. The number of anilines is 2. The van der Waals surface area contributed by atoms with Crippen molar-refractivity contribution in [1.29, 1.82) is 0 Å². The summed E-state index contributed by atoms with van der Waals surface area (Å²) in [6.45, 7) is 1.92. The molecular weight excluding hydrogens is 262 g/mol. The van der Waals surface area contributed by atoms with Crippen molar-refractivity contribution in [2.75, 3.05) is 23.7 Å². The molecule has 4 N–H and O–H groups in total. The van der Waals surface area contributed by atoms with Gasteiger partial charge in [0.15, 0.2) is 0 Å². The van der Waals surface area contributed by atoms with Crippen molar-refractivity contribution in [3.8, 4) is 0 Å². The smallest absolute Gasteiger partial charge is 0.248 e. The van der Waals surface area contributed by atoms with Crippen LogP contribution in [0.5, 0.6) is 0 Å². The summed E-state index contributed by atoms with van der Waals surface area (Å²) in [5, 5.41) is 0. The maximum atomic E-state index is 11.2. The van der Waals surface area contributed by atoms with Gasteiger partial charge in [-0.05, 0) is 30.2 Å². The van der Waals surface area contributed by atoms with E-state index in [1.165, 1.54) is 5.56 Å². The van der Waals surface area contributed by atoms with Crippen LogP contribution in [0.1, 0.15) is 28.3 Å². The van der Waals surface area contributed by atoms with Crippen LogP contribution in [0.3, 0.4) is 0 Å². The monoisotopic (exact) mass is 281 g/mol. The second-order valence-electron chi connectivity index (χ2n) is 5.48. The molecule has 0 saturated carbocycles. The maximum Gasteiger partial charge on any atom is 0.248 e. The lowest BCUT2D eigenvalue weighted by Crippen LogP contribution is -2.21. The van der Waals surface area contributed by atoms with Gasteiger partial charge < -0.3 is 16.4 Å². The summed E-state index contributed by atoms with van der Waals surface area (Å²) in [6, 6.07) is 15.8. The molecule has 1 unspecified atom stereocenters. The van der Waals surface area contributed by atoms with E-state index in [9.17, 15) is 4.79 Å². The van der Waals surface area contributed by atoms with Gasteiger partial charge in [0.05, 0.1) is 11.4 Å². The molecule has 1 fully saturated rings. The van der Waals surface area contributed by atoms with Crippen molar-refractivity contribution >= 4 is 17.3 Å². The lowest BCUT2D eigenvalue weighted by atomic mass is 9.99.